The van der Waals surface area contributed by atoms with E-state index in [2.05, 4.69) is 26.3 Å². The number of imide groups is 1. The Kier molecular flexibility index (Phi) is 4.18. The molecular formula is C10H14N6O3. The first-order chi connectivity index (χ1) is 9.16. The summed E-state index contributed by atoms with van der Waals surface area (Å²) in [5, 5.41) is 12.1. The van der Waals surface area contributed by atoms with Gasteiger partial charge in [0.15, 0.2) is 0 Å². The number of hydrogen-bond acceptors (Lipinski definition) is 6. The largest absolute Gasteiger partial charge is 0.328 e. The van der Waals surface area contributed by atoms with Gasteiger partial charge < -0.3 is 5.32 Å². The third kappa shape index (κ3) is 3.58. The van der Waals surface area contributed by atoms with Gasteiger partial charge in [0, 0.05) is 5.92 Å². The van der Waals surface area contributed by atoms with E-state index in [4.69, 9.17) is 0 Å². The number of carbonyl (C=O) groups is 3. The van der Waals surface area contributed by atoms with Gasteiger partial charge in [0.1, 0.15) is 12.7 Å². The van der Waals surface area contributed by atoms with Crippen molar-refractivity contribution in [2.75, 3.05) is 18.5 Å². The average molecular weight is 266 g/mol. The van der Waals surface area contributed by atoms with E-state index in [0.29, 0.717) is 12.8 Å². The molecule has 1 saturated heterocycles. The molecule has 9 nitrogen and oxygen atoms in total. The summed E-state index contributed by atoms with van der Waals surface area (Å²) >= 11 is 0. The third-order valence-corrected chi connectivity index (χ3v) is 2.80. The van der Waals surface area contributed by atoms with Gasteiger partial charge in [0.05, 0.1) is 0 Å². The van der Waals surface area contributed by atoms with E-state index < -0.39 is 17.7 Å². The van der Waals surface area contributed by atoms with Crippen molar-refractivity contribution < 1.29 is 14.4 Å². The maximum absolute atomic E-state index is 11.7. The highest BCUT2D eigenvalue weighted by molar-refractivity contribution is 6.40. The van der Waals surface area contributed by atoms with E-state index in [1.807, 2.05) is 0 Å². The average Bonchev–Trinajstić information content (AvgIpc) is 2.92. The first-order valence-corrected chi connectivity index (χ1v) is 5.88. The van der Waals surface area contributed by atoms with Crippen molar-refractivity contribution in [3.05, 3.63) is 12.7 Å². The quantitative estimate of drug-likeness (QED) is 0.532. The number of nitrogens with one attached hydrogen (secondary N) is 3. The van der Waals surface area contributed by atoms with Gasteiger partial charge in [0.25, 0.3) is 0 Å². The van der Waals surface area contributed by atoms with Crippen LogP contribution in [-0.4, -0.2) is 45.7 Å². The molecule has 19 heavy (non-hydrogen) atoms. The molecule has 2 heterocycles. The topological polar surface area (TPSA) is 118 Å². The molecule has 2 rings (SSSR count). The number of piperidine rings is 1. The molecule has 3 N–H and O–H groups in total. The van der Waals surface area contributed by atoms with Gasteiger partial charge in [-0.05, 0) is 25.9 Å². The van der Waals surface area contributed by atoms with Crippen molar-refractivity contribution in [3.63, 3.8) is 0 Å². The highest BCUT2D eigenvalue weighted by Crippen LogP contribution is 2.10. The van der Waals surface area contributed by atoms with Crippen LogP contribution in [0.1, 0.15) is 12.8 Å². The van der Waals surface area contributed by atoms with Crippen molar-refractivity contribution in [1.29, 1.82) is 0 Å². The van der Waals surface area contributed by atoms with Gasteiger partial charge in [-0.15, -0.1) is 10.2 Å². The summed E-state index contributed by atoms with van der Waals surface area (Å²) in [5.74, 6) is -2.57. The minimum absolute atomic E-state index is 0.229. The van der Waals surface area contributed by atoms with E-state index >= 15 is 0 Å². The molecule has 1 fully saturated rings. The maximum atomic E-state index is 11.7. The summed E-state index contributed by atoms with van der Waals surface area (Å²) in [5.41, 5.74) is 2.21. The van der Waals surface area contributed by atoms with Gasteiger partial charge in [-0.1, -0.05) is 0 Å². The van der Waals surface area contributed by atoms with Crippen molar-refractivity contribution in [2.45, 2.75) is 12.8 Å². The number of hydrogen-bond donors (Lipinski definition) is 3. The minimum atomic E-state index is -0.989. The summed E-state index contributed by atoms with van der Waals surface area (Å²) in [6.07, 6.45) is 3.76. The monoisotopic (exact) mass is 266 g/mol. The summed E-state index contributed by atoms with van der Waals surface area (Å²) in [6.45, 7) is 1.47. The van der Waals surface area contributed by atoms with Crippen LogP contribution in [-0.2, 0) is 14.4 Å². The van der Waals surface area contributed by atoms with E-state index in [0.717, 1.165) is 17.8 Å². The Labute approximate surface area is 108 Å². The zero-order valence-corrected chi connectivity index (χ0v) is 10.1. The van der Waals surface area contributed by atoms with E-state index in [1.54, 1.807) is 0 Å². The lowest BCUT2D eigenvalue weighted by Gasteiger charge is -2.21. The molecule has 1 aromatic heterocycles. The summed E-state index contributed by atoms with van der Waals surface area (Å²) in [7, 11) is 0. The van der Waals surface area contributed by atoms with Gasteiger partial charge in [-0.2, -0.15) is 0 Å². The molecule has 9 heteroatoms. The number of carbonyl (C=O) groups excluding carboxylic acids is 3. The highest BCUT2D eigenvalue weighted by atomic mass is 16.2. The molecule has 0 atom stereocenters. The molecule has 1 aromatic rings. The Balaban J connectivity index is 1.82. The van der Waals surface area contributed by atoms with Gasteiger partial charge in [-0.3, -0.25) is 25.1 Å². The number of amides is 3. The fraction of sp³-hybridized carbons (Fsp3) is 0.500. The highest BCUT2D eigenvalue weighted by Gasteiger charge is 2.25. The van der Waals surface area contributed by atoms with Crippen LogP contribution < -0.4 is 16.1 Å². The van der Waals surface area contributed by atoms with Gasteiger partial charge in [0.2, 0.25) is 5.91 Å². The lowest BCUT2D eigenvalue weighted by atomic mass is 9.97. The van der Waals surface area contributed by atoms with Crippen molar-refractivity contribution in [1.82, 2.24) is 25.5 Å². The summed E-state index contributed by atoms with van der Waals surface area (Å²) in [6, 6.07) is 0. The molecule has 0 bridgehead atoms. The lowest BCUT2D eigenvalue weighted by molar-refractivity contribution is -0.141. The standard InChI is InChI=1S/C10H14N6O3/c17-8(7-1-3-11-4-2-7)14-9(18)10(19)15-16-5-12-13-6-16/h5-7,11H,1-4H2,(H,15,19)(H,14,17,18). The number of rotatable bonds is 2. The summed E-state index contributed by atoms with van der Waals surface area (Å²) < 4.78 is 1.12. The molecule has 0 radical (unpaired) electrons. The molecule has 1 aliphatic rings. The van der Waals surface area contributed by atoms with Crippen LogP contribution in [0.25, 0.3) is 0 Å². The SMILES string of the molecule is O=C(NC(=O)C1CCNCC1)C(=O)Nn1cnnc1. The predicted molar refractivity (Wildman–Crippen MR) is 63.1 cm³/mol. The second-order valence-corrected chi connectivity index (χ2v) is 4.15. The molecular weight excluding hydrogens is 252 g/mol. The molecule has 0 unspecified atom stereocenters. The van der Waals surface area contributed by atoms with Gasteiger partial charge in [-0.25, -0.2) is 4.68 Å². The number of aromatic nitrogens is 3. The molecule has 0 aromatic carbocycles. The molecule has 102 valence electrons. The first-order valence-electron chi connectivity index (χ1n) is 5.88. The smallest absolute Gasteiger partial charge is 0.317 e. The van der Waals surface area contributed by atoms with Crippen LogP contribution >= 0.6 is 0 Å². The Bertz CT molecular complexity index is 466. The van der Waals surface area contributed by atoms with E-state index in [1.165, 1.54) is 12.7 Å². The molecule has 1 aliphatic heterocycles. The molecule has 0 aliphatic carbocycles. The fourth-order valence-corrected chi connectivity index (χ4v) is 1.78. The first kappa shape index (κ1) is 13.1. The van der Waals surface area contributed by atoms with Crippen LogP contribution in [0.4, 0.5) is 0 Å². The second kappa shape index (κ2) is 6.05. The summed E-state index contributed by atoms with van der Waals surface area (Å²) in [4.78, 5) is 34.7. The molecule has 0 spiro atoms. The van der Waals surface area contributed by atoms with Crippen molar-refractivity contribution in [3.8, 4) is 0 Å². The van der Waals surface area contributed by atoms with E-state index in [-0.39, 0.29) is 5.92 Å². The molecule has 0 saturated carbocycles. The normalized spacial score (nSPS) is 15.8. The van der Waals surface area contributed by atoms with Crippen molar-refractivity contribution >= 4 is 17.7 Å². The second-order valence-electron chi connectivity index (χ2n) is 4.15. The third-order valence-electron chi connectivity index (χ3n) is 2.80. The Morgan fingerprint density at radius 1 is 1.11 bits per heavy atom. The Morgan fingerprint density at radius 3 is 2.37 bits per heavy atom. The van der Waals surface area contributed by atoms with Crippen LogP contribution in [0.3, 0.4) is 0 Å². The van der Waals surface area contributed by atoms with E-state index in [9.17, 15) is 14.4 Å². The zero-order chi connectivity index (χ0) is 13.7. The number of nitrogens with zero attached hydrogens (tertiary/aromatic N) is 3. The van der Waals surface area contributed by atoms with Crippen LogP contribution in [0.5, 0.6) is 0 Å². The van der Waals surface area contributed by atoms with Gasteiger partial charge >= 0.3 is 11.8 Å². The zero-order valence-electron chi connectivity index (χ0n) is 10.1. The van der Waals surface area contributed by atoms with Crippen LogP contribution in [0, 0.1) is 5.92 Å². The van der Waals surface area contributed by atoms with Crippen LogP contribution in [0.15, 0.2) is 12.7 Å². The maximum Gasteiger partial charge on any atom is 0.328 e. The Morgan fingerprint density at radius 2 is 1.74 bits per heavy atom. The van der Waals surface area contributed by atoms with Crippen LogP contribution in [0.2, 0.25) is 0 Å². The Hall–Kier alpha value is -2.29. The molecule has 3 amide bonds. The fourth-order valence-electron chi connectivity index (χ4n) is 1.78. The minimum Gasteiger partial charge on any atom is -0.317 e. The van der Waals surface area contributed by atoms with Crippen molar-refractivity contribution in [2.24, 2.45) is 5.92 Å². The lowest BCUT2D eigenvalue weighted by Crippen LogP contribution is -2.45. The predicted octanol–water partition coefficient (Wildman–Crippen LogP) is -2.01.